The highest BCUT2D eigenvalue weighted by atomic mass is 16.2. The number of fused-ring (bicyclic) bond motifs is 1. The van der Waals surface area contributed by atoms with Gasteiger partial charge >= 0.3 is 0 Å². The molecule has 0 atom stereocenters. The van der Waals surface area contributed by atoms with Crippen LogP contribution in [-0.4, -0.2) is 35.7 Å². The minimum Gasteiger partial charge on any atom is -0.304 e. The first-order chi connectivity index (χ1) is 8.74. The van der Waals surface area contributed by atoms with E-state index in [-0.39, 0.29) is 5.82 Å². The molecule has 18 heavy (non-hydrogen) atoms. The van der Waals surface area contributed by atoms with E-state index in [9.17, 15) is 4.79 Å². The summed E-state index contributed by atoms with van der Waals surface area (Å²) >= 11 is 0. The predicted octanol–water partition coefficient (Wildman–Crippen LogP) is 0.408. The van der Waals surface area contributed by atoms with Gasteiger partial charge in [-0.25, -0.2) is 9.50 Å². The van der Waals surface area contributed by atoms with Gasteiger partial charge in [-0.3, -0.25) is 9.89 Å². The van der Waals surface area contributed by atoms with Gasteiger partial charge < -0.3 is 5.32 Å². The third-order valence-electron chi connectivity index (χ3n) is 2.38. The fourth-order valence-corrected chi connectivity index (χ4v) is 1.51. The molecule has 2 N–H and O–H groups in total. The van der Waals surface area contributed by atoms with Gasteiger partial charge in [0, 0.05) is 18.0 Å². The molecule has 8 nitrogen and oxygen atoms in total. The Hall–Kier alpha value is -2.77. The SMILES string of the molecule is Cc1ccnc2nc(C(=O)Nc3ccn[nH]3)nn12. The minimum absolute atomic E-state index is 0.0615. The Morgan fingerprint density at radius 3 is 3.00 bits per heavy atom. The van der Waals surface area contributed by atoms with Gasteiger partial charge in [-0.2, -0.15) is 10.1 Å². The number of H-pyrrole nitrogens is 1. The molecular weight excluding hydrogens is 234 g/mol. The fourth-order valence-electron chi connectivity index (χ4n) is 1.51. The summed E-state index contributed by atoms with van der Waals surface area (Å²) in [6.07, 6.45) is 3.16. The van der Waals surface area contributed by atoms with Crippen LogP contribution in [0.3, 0.4) is 0 Å². The molecule has 0 spiro atoms. The number of hydrogen-bond acceptors (Lipinski definition) is 5. The Bertz CT molecular complexity index is 700. The first-order valence-corrected chi connectivity index (χ1v) is 5.23. The molecule has 3 rings (SSSR count). The number of aromatic amines is 1. The van der Waals surface area contributed by atoms with Gasteiger partial charge in [0.05, 0.1) is 6.20 Å². The van der Waals surface area contributed by atoms with Crippen molar-refractivity contribution in [3.63, 3.8) is 0 Å². The largest absolute Gasteiger partial charge is 0.304 e. The van der Waals surface area contributed by atoms with Crippen molar-refractivity contribution in [1.82, 2.24) is 29.8 Å². The average Bonchev–Trinajstić information content (AvgIpc) is 2.97. The first-order valence-electron chi connectivity index (χ1n) is 5.23. The lowest BCUT2D eigenvalue weighted by molar-refractivity contribution is 0.101. The predicted molar refractivity (Wildman–Crippen MR) is 62.1 cm³/mol. The summed E-state index contributed by atoms with van der Waals surface area (Å²) in [6.45, 7) is 1.86. The van der Waals surface area contributed by atoms with Gasteiger partial charge in [-0.15, -0.1) is 5.10 Å². The second-order valence-electron chi connectivity index (χ2n) is 3.66. The van der Waals surface area contributed by atoms with E-state index in [1.54, 1.807) is 24.5 Å². The van der Waals surface area contributed by atoms with E-state index in [4.69, 9.17) is 0 Å². The van der Waals surface area contributed by atoms with E-state index in [0.29, 0.717) is 11.6 Å². The number of rotatable bonds is 2. The number of aryl methyl sites for hydroxylation is 1. The second kappa shape index (κ2) is 3.91. The Morgan fingerprint density at radius 1 is 1.39 bits per heavy atom. The van der Waals surface area contributed by atoms with Crippen molar-refractivity contribution < 1.29 is 4.79 Å². The van der Waals surface area contributed by atoms with Crippen LogP contribution in [0.25, 0.3) is 5.78 Å². The smallest absolute Gasteiger partial charge is 0.296 e. The number of carbonyl (C=O) groups excluding carboxylic acids is 1. The van der Waals surface area contributed by atoms with E-state index in [2.05, 4.69) is 30.6 Å². The maximum atomic E-state index is 11.9. The molecule has 0 aliphatic carbocycles. The molecule has 0 radical (unpaired) electrons. The molecule has 0 saturated heterocycles. The molecule has 3 aromatic rings. The maximum Gasteiger partial charge on any atom is 0.296 e. The molecule has 0 aromatic carbocycles. The molecule has 0 unspecified atom stereocenters. The Morgan fingerprint density at radius 2 is 2.28 bits per heavy atom. The summed E-state index contributed by atoms with van der Waals surface area (Å²) in [5.74, 6) is 0.531. The van der Waals surface area contributed by atoms with Gasteiger partial charge in [-0.05, 0) is 13.0 Å². The van der Waals surface area contributed by atoms with E-state index >= 15 is 0 Å². The van der Waals surface area contributed by atoms with Gasteiger partial charge in [-0.1, -0.05) is 0 Å². The molecular formula is C10H9N7O. The summed E-state index contributed by atoms with van der Waals surface area (Å²) in [5.41, 5.74) is 0.855. The molecule has 0 aliphatic rings. The van der Waals surface area contributed by atoms with Crippen molar-refractivity contribution in [2.45, 2.75) is 6.92 Å². The molecule has 1 amide bonds. The quantitative estimate of drug-likeness (QED) is 0.678. The zero-order valence-corrected chi connectivity index (χ0v) is 9.45. The van der Waals surface area contributed by atoms with Crippen LogP contribution < -0.4 is 5.32 Å². The van der Waals surface area contributed by atoms with E-state index < -0.39 is 5.91 Å². The zero-order chi connectivity index (χ0) is 12.5. The molecule has 8 heteroatoms. The normalized spacial score (nSPS) is 10.7. The zero-order valence-electron chi connectivity index (χ0n) is 9.45. The number of nitrogens with zero attached hydrogens (tertiary/aromatic N) is 5. The van der Waals surface area contributed by atoms with E-state index in [1.165, 1.54) is 4.52 Å². The van der Waals surface area contributed by atoms with Crippen LogP contribution in [0.4, 0.5) is 5.82 Å². The maximum absolute atomic E-state index is 11.9. The number of nitrogens with one attached hydrogen (secondary N) is 2. The summed E-state index contributed by atoms with van der Waals surface area (Å²) < 4.78 is 1.52. The fraction of sp³-hybridized carbons (Fsp3) is 0.100. The number of anilines is 1. The Balaban J connectivity index is 1.94. The van der Waals surface area contributed by atoms with Crippen LogP contribution in [0.2, 0.25) is 0 Å². The molecule has 3 heterocycles. The third-order valence-corrected chi connectivity index (χ3v) is 2.38. The van der Waals surface area contributed by atoms with Crippen molar-refractivity contribution in [1.29, 1.82) is 0 Å². The lowest BCUT2D eigenvalue weighted by atomic mass is 10.5. The molecule has 3 aromatic heterocycles. The average molecular weight is 243 g/mol. The summed E-state index contributed by atoms with van der Waals surface area (Å²) in [5, 5.41) is 13.0. The summed E-state index contributed by atoms with van der Waals surface area (Å²) in [4.78, 5) is 19.9. The number of aromatic nitrogens is 6. The number of hydrogen-bond donors (Lipinski definition) is 2. The van der Waals surface area contributed by atoms with Crippen molar-refractivity contribution >= 4 is 17.5 Å². The topological polar surface area (TPSA) is 101 Å². The van der Waals surface area contributed by atoms with Gasteiger partial charge in [0.15, 0.2) is 0 Å². The van der Waals surface area contributed by atoms with Gasteiger partial charge in [0.1, 0.15) is 5.82 Å². The number of amides is 1. The Kier molecular flexibility index (Phi) is 2.26. The number of carbonyl (C=O) groups is 1. The molecule has 0 aliphatic heterocycles. The van der Waals surface area contributed by atoms with Crippen molar-refractivity contribution in [2.75, 3.05) is 5.32 Å². The molecule has 0 bridgehead atoms. The van der Waals surface area contributed by atoms with Gasteiger partial charge in [0.25, 0.3) is 11.7 Å². The molecule has 90 valence electrons. The Labute approximate surface area is 101 Å². The molecule has 0 fully saturated rings. The summed E-state index contributed by atoms with van der Waals surface area (Å²) in [7, 11) is 0. The summed E-state index contributed by atoms with van der Waals surface area (Å²) in [6, 6.07) is 3.43. The van der Waals surface area contributed by atoms with Crippen LogP contribution in [0.15, 0.2) is 24.5 Å². The van der Waals surface area contributed by atoms with Crippen LogP contribution in [-0.2, 0) is 0 Å². The van der Waals surface area contributed by atoms with Crippen LogP contribution in [0.5, 0.6) is 0 Å². The monoisotopic (exact) mass is 243 g/mol. The minimum atomic E-state index is -0.413. The van der Waals surface area contributed by atoms with Gasteiger partial charge in [0.2, 0.25) is 5.82 Å². The van der Waals surface area contributed by atoms with Crippen molar-refractivity contribution in [3.8, 4) is 0 Å². The lowest BCUT2D eigenvalue weighted by Gasteiger charge is -1.96. The molecule has 0 saturated carbocycles. The second-order valence-corrected chi connectivity index (χ2v) is 3.66. The van der Waals surface area contributed by atoms with E-state index in [1.807, 2.05) is 6.92 Å². The third kappa shape index (κ3) is 1.69. The van der Waals surface area contributed by atoms with Crippen LogP contribution >= 0.6 is 0 Å². The standard InChI is InChI=1S/C10H9N7O/c1-6-2-4-11-10-14-8(16-17(6)10)9(18)13-7-3-5-12-15-7/h2-5H,1H3,(H2,12,13,15,18). The highest BCUT2D eigenvalue weighted by Gasteiger charge is 2.14. The highest BCUT2D eigenvalue weighted by molar-refractivity contribution is 6.01. The van der Waals surface area contributed by atoms with Crippen LogP contribution in [0, 0.1) is 6.92 Å². The highest BCUT2D eigenvalue weighted by Crippen LogP contribution is 2.05. The first kappa shape index (κ1) is 10.4. The van der Waals surface area contributed by atoms with Crippen molar-refractivity contribution in [2.24, 2.45) is 0 Å². The van der Waals surface area contributed by atoms with Crippen LogP contribution in [0.1, 0.15) is 16.3 Å². The van der Waals surface area contributed by atoms with Crippen molar-refractivity contribution in [3.05, 3.63) is 36.0 Å². The van der Waals surface area contributed by atoms with E-state index in [0.717, 1.165) is 5.69 Å². The lowest BCUT2D eigenvalue weighted by Crippen LogP contribution is -2.14.